The lowest BCUT2D eigenvalue weighted by Gasteiger charge is -2.25. The van der Waals surface area contributed by atoms with Gasteiger partial charge in [-0.25, -0.2) is 0 Å². The van der Waals surface area contributed by atoms with Gasteiger partial charge in [-0.1, -0.05) is 13.0 Å². The van der Waals surface area contributed by atoms with Crippen LogP contribution in [0.1, 0.15) is 26.2 Å². The first-order valence-corrected chi connectivity index (χ1v) is 5.42. The van der Waals surface area contributed by atoms with Gasteiger partial charge in [-0.15, -0.1) is 19.0 Å². The van der Waals surface area contributed by atoms with Crippen molar-refractivity contribution in [3.05, 3.63) is 12.7 Å². The Bertz CT molecular complexity index is 186. The van der Waals surface area contributed by atoms with Crippen molar-refractivity contribution in [1.29, 1.82) is 0 Å². The van der Waals surface area contributed by atoms with Gasteiger partial charge in [0.25, 0.3) is 0 Å². The number of nitrogens with zero attached hydrogens (tertiary/aromatic N) is 2. The number of hydrogen-bond donors (Lipinski definition) is 0. The van der Waals surface area contributed by atoms with Crippen molar-refractivity contribution < 1.29 is 16.9 Å². The van der Waals surface area contributed by atoms with Crippen molar-refractivity contribution in [1.82, 2.24) is 0 Å². The highest BCUT2D eigenvalue weighted by Gasteiger charge is 2.11. The smallest absolute Gasteiger partial charge is 0.0801 e. The molecule has 1 atom stereocenters. The maximum atomic E-state index is 4.53. The van der Waals surface area contributed by atoms with Gasteiger partial charge in [-0.3, -0.25) is 4.99 Å². The van der Waals surface area contributed by atoms with Crippen LogP contribution in [0, 0.1) is 0 Å². The minimum atomic E-state index is 0. The minimum Gasteiger partial charge on any atom is -1.00 e. The van der Waals surface area contributed by atoms with Crippen molar-refractivity contribution in [2.45, 2.75) is 32.2 Å². The number of quaternary nitrogens is 1. The molecule has 0 aliphatic carbocycles. The van der Waals surface area contributed by atoms with Crippen LogP contribution < -0.4 is 12.4 Å². The second-order valence-electron chi connectivity index (χ2n) is 4.72. The highest BCUT2D eigenvalue weighted by Crippen LogP contribution is 2.07. The fraction of sp³-hybridized carbons (Fsp3) is 0.750. The van der Waals surface area contributed by atoms with Crippen molar-refractivity contribution in [3.63, 3.8) is 0 Å². The second kappa shape index (κ2) is 11.4. The molecule has 0 saturated carbocycles. The van der Waals surface area contributed by atoms with Crippen LogP contribution in [0.25, 0.3) is 0 Å². The van der Waals surface area contributed by atoms with Gasteiger partial charge in [0.1, 0.15) is 0 Å². The van der Waals surface area contributed by atoms with Gasteiger partial charge < -0.3 is 16.9 Å². The normalized spacial score (nSPS) is 12.8. The van der Waals surface area contributed by atoms with Crippen LogP contribution in [0.3, 0.4) is 0 Å². The molecule has 0 fully saturated rings. The first-order valence-electron chi connectivity index (χ1n) is 5.42. The number of aliphatic imine (C=N–C) groups is 1. The Morgan fingerprint density at radius 3 is 2.25 bits per heavy atom. The van der Waals surface area contributed by atoms with Crippen molar-refractivity contribution in [2.24, 2.45) is 4.99 Å². The maximum absolute atomic E-state index is 4.53. The van der Waals surface area contributed by atoms with E-state index < -0.39 is 0 Å². The van der Waals surface area contributed by atoms with E-state index in [1.807, 2.05) is 12.3 Å². The van der Waals surface area contributed by atoms with Gasteiger partial charge in [0.05, 0.1) is 33.7 Å². The first-order chi connectivity index (χ1) is 6.49. The van der Waals surface area contributed by atoms with E-state index in [9.17, 15) is 0 Å². The summed E-state index contributed by atoms with van der Waals surface area (Å²) in [5, 5.41) is 0. The maximum Gasteiger partial charge on any atom is 0.0801 e. The van der Waals surface area contributed by atoms with Gasteiger partial charge in [-0.2, -0.15) is 0 Å². The van der Waals surface area contributed by atoms with Crippen LogP contribution in [0.15, 0.2) is 17.6 Å². The third kappa shape index (κ3) is 13.9. The van der Waals surface area contributed by atoms with E-state index in [2.05, 4.69) is 39.6 Å². The van der Waals surface area contributed by atoms with Gasteiger partial charge in [0.15, 0.2) is 0 Å². The zero-order valence-corrected chi connectivity index (χ0v) is 12.5. The fourth-order valence-corrected chi connectivity index (χ4v) is 1.24. The van der Waals surface area contributed by atoms with Gasteiger partial charge in [-0.05, 0) is 19.1 Å². The molecule has 4 heteroatoms. The highest BCUT2D eigenvalue weighted by molar-refractivity contribution is 5.85. The molecule has 0 radical (unpaired) electrons. The van der Waals surface area contributed by atoms with E-state index >= 15 is 0 Å². The van der Waals surface area contributed by atoms with Gasteiger partial charge in [0.2, 0.25) is 0 Å². The molecule has 0 N–H and O–H groups in total. The van der Waals surface area contributed by atoms with Crippen LogP contribution in [-0.4, -0.2) is 44.4 Å². The summed E-state index contributed by atoms with van der Waals surface area (Å²) in [5.74, 6) is 0. The minimum absolute atomic E-state index is 0. The predicted octanol–water partition coefficient (Wildman–Crippen LogP) is -0.0660. The third-order valence-corrected chi connectivity index (χ3v) is 2.07. The van der Waals surface area contributed by atoms with E-state index in [0.29, 0.717) is 6.04 Å². The molecular weight excluding hydrogens is 243 g/mol. The zero-order chi connectivity index (χ0) is 11.0. The molecular formula is C12H26Cl2N2. The Morgan fingerprint density at radius 1 is 1.31 bits per heavy atom. The summed E-state index contributed by atoms with van der Waals surface area (Å²) in [4.78, 5) is 4.53. The monoisotopic (exact) mass is 268 g/mol. The summed E-state index contributed by atoms with van der Waals surface area (Å²) in [7, 11) is 6.65. The fourth-order valence-electron chi connectivity index (χ4n) is 1.24. The van der Waals surface area contributed by atoms with Crippen molar-refractivity contribution in [2.75, 3.05) is 27.7 Å². The molecule has 0 aliphatic heterocycles. The summed E-state index contributed by atoms with van der Waals surface area (Å²) in [6.07, 6.45) is 7.15. The average Bonchev–Trinajstić information content (AvgIpc) is 2.08. The Labute approximate surface area is 113 Å². The lowest BCUT2D eigenvalue weighted by molar-refractivity contribution is -0.870. The summed E-state index contributed by atoms with van der Waals surface area (Å²) in [5.41, 5.74) is 0. The average molecular weight is 269 g/mol. The second-order valence-corrected chi connectivity index (χ2v) is 4.72. The summed E-state index contributed by atoms with van der Waals surface area (Å²) in [6, 6.07) is 0.435. The van der Waals surface area contributed by atoms with E-state index in [1.165, 1.54) is 6.54 Å². The molecule has 0 amide bonds. The van der Waals surface area contributed by atoms with E-state index in [0.717, 1.165) is 23.7 Å². The number of rotatable bonds is 7. The molecule has 2 nitrogen and oxygen atoms in total. The Morgan fingerprint density at radius 2 is 1.88 bits per heavy atom. The molecule has 1 unspecified atom stereocenters. The van der Waals surface area contributed by atoms with Crippen LogP contribution in [-0.2, 0) is 0 Å². The quantitative estimate of drug-likeness (QED) is 0.349. The molecule has 0 saturated heterocycles. The molecule has 0 spiro atoms. The summed E-state index contributed by atoms with van der Waals surface area (Å²) in [6.45, 7) is 7.06. The molecule has 98 valence electrons. The molecule has 0 aromatic heterocycles. The van der Waals surface area contributed by atoms with E-state index in [-0.39, 0.29) is 24.8 Å². The SMILES string of the molecule is C=CCC(CC[N+](C)(C)C)N=CCC.Cl.[Cl-]. The van der Waals surface area contributed by atoms with Crippen molar-refractivity contribution >= 4 is 18.6 Å². The highest BCUT2D eigenvalue weighted by atomic mass is 35.5. The lowest BCUT2D eigenvalue weighted by atomic mass is 10.1. The van der Waals surface area contributed by atoms with Gasteiger partial charge in [0, 0.05) is 6.42 Å². The summed E-state index contributed by atoms with van der Waals surface area (Å²) < 4.78 is 1.01. The molecule has 0 aromatic carbocycles. The summed E-state index contributed by atoms with van der Waals surface area (Å²) >= 11 is 0. The van der Waals surface area contributed by atoms with Gasteiger partial charge >= 0.3 is 0 Å². The van der Waals surface area contributed by atoms with Crippen molar-refractivity contribution in [3.8, 4) is 0 Å². The molecule has 16 heavy (non-hydrogen) atoms. The van der Waals surface area contributed by atoms with Crippen LogP contribution in [0.4, 0.5) is 0 Å². The Kier molecular flexibility index (Phi) is 15.2. The predicted molar refractivity (Wildman–Crippen MR) is 72.1 cm³/mol. The number of halogens is 2. The Balaban J connectivity index is -0.000000845. The molecule has 0 aromatic rings. The topological polar surface area (TPSA) is 12.4 Å². The molecule has 0 heterocycles. The lowest BCUT2D eigenvalue weighted by Crippen LogP contribution is -3.00. The van der Waals surface area contributed by atoms with E-state index in [1.54, 1.807) is 0 Å². The largest absolute Gasteiger partial charge is 1.00 e. The van der Waals surface area contributed by atoms with Crippen LogP contribution in [0.2, 0.25) is 0 Å². The third-order valence-electron chi connectivity index (χ3n) is 2.07. The molecule has 0 bridgehead atoms. The zero-order valence-electron chi connectivity index (χ0n) is 10.9. The van der Waals surface area contributed by atoms with Crippen LogP contribution in [0.5, 0.6) is 0 Å². The standard InChI is InChI=1S/C12H25N2.2ClH/c1-6-8-12(13-10-7-2)9-11-14(3,4)5;;/h6,10,12H,1,7-9,11H2,2-5H3;2*1H/q+1;;/p-1. The number of hydrogen-bond acceptors (Lipinski definition) is 1. The van der Waals surface area contributed by atoms with Crippen LogP contribution >= 0.6 is 12.4 Å². The van der Waals surface area contributed by atoms with E-state index in [4.69, 9.17) is 0 Å². The molecule has 0 aliphatic rings. The Hall–Kier alpha value is -0.0500. The molecule has 0 rings (SSSR count). The first kappa shape index (κ1) is 21.3.